The SMILES string of the molecule is O=C(O)c1ccc2c(COc3ccccc3Cl)csc2c1. The first kappa shape index (κ1) is 13.9. The zero-order chi connectivity index (χ0) is 14.8. The van der Waals surface area contributed by atoms with Gasteiger partial charge in [-0.3, -0.25) is 0 Å². The summed E-state index contributed by atoms with van der Waals surface area (Å²) in [7, 11) is 0. The van der Waals surface area contributed by atoms with Gasteiger partial charge in [-0.1, -0.05) is 29.8 Å². The van der Waals surface area contributed by atoms with Crippen molar-refractivity contribution in [2.45, 2.75) is 6.61 Å². The monoisotopic (exact) mass is 318 g/mol. The summed E-state index contributed by atoms with van der Waals surface area (Å²) < 4.78 is 6.66. The Kier molecular flexibility index (Phi) is 3.82. The van der Waals surface area contributed by atoms with Crippen LogP contribution in [-0.2, 0) is 6.61 Å². The van der Waals surface area contributed by atoms with Crippen LogP contribution in [0.15, 0.2) is 47.8 Å². The molecule has 0 spiro atoms. The Hall–Kier alpha value is -2.04. The summed E-state index contributed by atoms with van der Waals surface area (Å²) in [5.41, 5.74) is 1.31. The van der Waals surface area contributed by atoms with Gasteiger partial charge < -0.3 is 9.84 Å². The van der Waals surface area contributed by atoms with E-state index in [1.54, 1.807) is 18.2 Å². The molecule has 3 rings (SSSR count). The molecule has 1 heterocycles. The van der Waals surface area contributed by atoms with Gasteiger partial charge in [0.15, 0.2) is 0 Å². The highest BCUT2D eigenvalue weighted by Gasteiger charge is 2.09. The number of carboxylic acids is 1. The molecular weight excluding hydrogens is 308 g/mol. The molecule has 0 aliphatic carbocycles. The van der Waals surface area contributed by atoms with Gasteiger partial charge in [0, 0.05) is 10.3 Å². The van der Waals surface area contributed by atoms with Gasteiger partial charge in [0.1, 0.15) is 12.4 Å². The molecule has 0 fully saturated rings. The summed E-state index contributed by atoms with van der Waals surface area (Å²) in [6.45, 7) is 0.399. The van der Waals surface area contributed by atoms with Crippen molar-refractivity contribution in [3.8, 4) is 5.75 Å². The van der Waals surface area contributed by atoms with E-state index in [2.05, 4.69) is 0 Å². The first-order valence-corrected chi connectivity index (χ1v) is 7.51. The van der Waals surface area contributed by atoms with E-state index in [9.17, 15) is 4.79 Å². The van der Waals surface area contributed by atoms with Crippen LogP contribution in [-0.4, -0.2) is 11.1 Å². The number of thiophene rings is 1. The molecule has 106 valence electrons. The number of fused-ring (bicyclic) bond motifs is 1. The minimum absolute atomic E-state index is 0.294. The predicted molar refractivity (Wildman–Crippen MR) is 84.6 cm³/mol. The van der Waals surface area contributed by atoms with Crippen LogP contribution >= 0.6 is 22.9 Å². The van der Waals surface area contributed by atoms with Gasteiger partial charge in [0.2, 0.25) is 0 Å². The first-order chi connectivity index (χ1) is 10.1. The average Bonchev–Trinajstić information content (AvgIpc) is 2.88. The fourth-order valence-corrected chi connectivity index (χ4v) is 3.22. The second-order valence-electron chi connectivity index (χ2n) is 4.50. The van der Waals surface area contributed by atoms with Crippen LogP contribution in [0.25, 0.3) is 10.1 Å². The van der Waals surface area contributed by atoms with Crippen molar-refractivity contribution in [3.05, 3.63) is 64.0 Å². The number of halogens is 1. The number of aromatic carboxylic acids is 1. The molecule has 3 aromatic rings. The molecular formula is C16H11ClO3S. The maximum absolute atomic E-state index is 11.0. The highest BCUT2D eigenvalue weighted by Crippen LogP contribution is 2.29. The Bertz CT molecular complexity index is 810. The zero-order valence-corrected chi connectivity index (χ0v) is 12.4. The summed E-state index contributed by atoms with van der Waals surface area (Å²) in [6.07, 6.45) is 0. The lowest BCUT2D eigenvalue weighted by molar-refractivity contribution is 0.0697. The van der Waals surface area contributed by atoms with Crippen molar-refractivity contribution in [2.24, 2.45) is 0 Å². The Balaban J connectivity index is 1.85. The number of hydrogen-bond donors (Lipinski definition) is 1. The van der Waals surface area contributed by atoms with Crippen LogP contribution in [0.2, 0.25) is 5.02 Å². The molecule has 0 atom stereocenters. The van der Waals surface area contributed by atoms with Crippen molar-refractivity contribution in [2.75, 3.05) is 0 Å². The largest absolute Gasteiger partial charge is 0.487 e. The van der Waals surface area contributed by atoms with Gasteiger partial charge in [-0.05, 0) is 35.0 Å². The van der Waals surface area contributed by atoms with Gasteiger partial charge in [0.05, 0.1) is 10.6 Å². The molecule has 1 aromatic heterocycles. The Morgan fingerprint density at radius 2 is 2.05 bits per heavy atom. The molecule has 5 heteroatoms. The predicted octanol–water partition coefficient (Wildman–Crippen LogP) is 4.83. The fraction of sp³-hybridized carbons (Fsp3) is 0.0625. The van der Waals surface area contributed by atoms with Crippen LogP contribution in [0.5, 0.6) is 5.75 Å². The van der Waals surface area contributed by atoms with E-state index in [0.29, 0.717) is 22.9 Å². The van der Waals surface area contributed by atoms with Crippen LogP contribution in [0.1, 0.15) is 15.9 Å². The lowest BCUT2D eigenvalue weighted by Gasteiger charge is -2.07. The van der Waals surface area contributed by atoms with Crippen LogP contribution < -0.4 is 4.74 Å². The molecule has 3 nitrogen and oxygen atoms in total. The van der Waals surface area contributed by atoms with E-state index in [4.69, 9.17) is 21.4 Å². The second kappa shape index (κ2) is 5.76. The van der Waals surface area contributed by atoms with Gasteiger partial charge in [0.25, 0.3) is 0 Å². The maximum atomic E-state index is 11.0. The van der Waals surface area contributed by atoms with Crippen LogP contribution in [0.3, 0.4) is 0 Å². The summed E-state index contributed by atoms with van der Waals surface area (Å²) in [5, 5.41) is 12.6. The number of carbonyl (C=O) groups is 1. The molecule has 0 amide bonds. The number of hydrogen-bond acceptors (Lipinski definition) is 3. The number of ether oxygens (including phenoxy) is 1. The van der Waals surface area contributed by atoms with Crippen molar-refractivity contribution in [1.82, 2.24) is 0 Å². The van der Waals surface area contributed by atoms with Gasteiger partial charge in [-0.15, -0.1) is 11.3 Å². The highest BCUT2D eigenvalue weighted by atomic mass is 35.5. The van der Waals surface area contributed by atoms with E-state index >= 15 is 0 Å². The Morgan fingerprint density at radius 3 is 2.81 bits per heavy atom. The topological polar surface area (TPSA) is 46.5 Å². The van der Waals surface area contributed by atoms with Crippen molar-refractivity contribution in [3.63, 3.8) is 0 Å². The van der Waals surface area contributed by atoms with E-state index in [-0.39, 0.29) is 0 Å². The van der Waals surface area contributed by atoms with Crippen molar-refractivity contribution >= 4 is 39.0 Å². The number of para-hydroxylation sites is 1. The summed E-state index contributed by atoms with van der Waals surface area (Å²) in [5.74, 6) is -0.278. The molecule has 0 aliphatic rings. The fourth-order valence-electron chi connectivity index (χ4n) is 2.05. The molecule has 0 aliphatic heterocycles. The molecule has 21 heavy (non-hydrogen) atoms. The Morgan fingerprint density at radius 1 is 1.24 bits per heavy atom. The van der Waals surface area contributed by atoms with Crippen LogP contribution in [0.4, 0.5) is 0 Å². The smallest absolute Gasteiger partial charge is 0.335 e. The zero-order valence-electron chi connectivity index (χ0n) is 10.9. The second-order valence-corrected chi connectivity index (χ2v) is 5.81. The first-order valence-electron chi connectivity index (χ1n) is 6.26. The lowest BCUT2D eigenvalue weighted by atomic mass is 10.1. The van der Waals surface area contributed by atoms with E-state index in [1.165, 1.54) is 11.3 Å². The van der Waals surface area contributed by atoms with Gasteiger partial charge in [-0.2, -0.15) is 0 Å². The average molecular weight is 319 g/mol. The van der Waals surface area contributed by atoms with E-state index < -0.39 is 5.97 Å². The third-order valence-electron chi connectivity index (χ3n) is 3.12. The third-order valence-corrected chi connectivity index (χ3v) is 4.43. The third kappa shape index (κ3) is 2.86. The van der Waals surface area contributed by atoms with E-state index in [0.717, 1.165) is 15.6 Å². The molecule has 0 radical (unpaired) electrons. The minimum Gasteiger partial charge on any atom is -0.487 e. The standard InChI is InChI=1S/C16H11ClO3S/c17-13-3-1-2-4-14(13)20-8-11-9-21-15-7-10(16(18)19)5-6-12(11)15/h1-7,9H,8H2,(H,18,19). The molecule has 1 N–H and O–H groups in total. The van der Waals surface area contributed by atoms with Gasteiger partial charge >= 0.3 is 5.97 Å². The van der Waals surface area contributed by atoms with Crippen molar-refractivity contribution < 1.29 is 14.6 Å². The summed E-state index contributed by atoms with van der Waals surface area (Å²) >= 11 is 7.56. The van der Waals surface area contributed by atoms with E-state index in [1.807, 2.05) is 29.6 Å². The maximum Gasteiger partial charge on any atom is 0.335 e. The van der Waals surface area contributed by atoms with Gasteiger partial charge in [-0.25, -0.2) is 4.79 Å². The number of rotatable bonds is 4. The molecule has 0 saturated heterocycles. The summed E-state index contributed by atoms with van der Waals surface area (Å²) in [4.78, 5) is 11.0. The van der Waals surface area contributed by atoms with Crippen LogP contribution in [0, 0.1) is 0 Å². The quantitative estimate of drug-likeness (QED) is 0.749. The number of carboxylic acid groups (broad SMARTS) is 1. The molecule has 0 saturated carbocycles. The molecule has 0 unspecified atom stereocenters. The summed E-state index contributed by atoms with van der Waals surface area (Å²) in [6, 6.07) is 12.4. The van der Waals surface area contributed by atoms with Crippen molar-refractivity contribution in [1.29, 1.82) is 0 Å². The molecule has 0 bridgehead atoms. The highest BCUT2D eigenvalue weighted by molar-refractivity contribution is 7.17. The Labute approximate surface area is 130 Å². The lowest BCUT2D eigenvalue weighted by Crippen LogP contribution is -1.96. The normalized spacial score (nSPS) is 10.7. The minimum atomic E-state index is -0.917. The number of benzene rings is 2. The molecule has 2 aromatic carbocycles.